The number of carbonyl (C=O) groups is 1. The standard InChI is InChI=1S/C26H35N7O3/c1-17(32-33(18(2)34)24(27)7-6-12-30-3)25(31-22-10-8-20(9-11-22)26(28)29)21-13-19(16-35-4)14-23(15-21)36-5/h6-15,25,30-31H,16,27H2,1-5H3,(H3,28,29)/p+1. The van der Waals surface area contributed by atoms with E-state index in [0.717, 1.165) is 16.8 Å². The summed E-state index contributed by atoms with van der Waals surface area (Å²) in [4.78, 5) is 12.4. The SMILES string of the molecule is CNC=CC=C(N)N([NH+]=C(C)C(Nc1ccc(C(=N)N)cc1)c1cc(COC)cc(OC)c1)C(C)=O. The summed E-state index contributed by atoms with van der Waals surface area (Å²) >= 11 is 0. The minimum Gasteiger partial charge on any atom is -0.497 e. The molecule has 0 saturated carbocycles. The fourth-order valence-electron chi connectivity index (χ4n) is 3.46. The van der Waals surface area contributed by atoms with E-state index in [0.29, 0.717) is 23.6 Å². The van der Waals surface area contributed by atoms with Gasteiger partial charge in [0.25, 0.3) is 5.91 Å². The summed E-state index contributed by atoms with van der Waals surface area (Å²) in [6, 6.07) is 12.6. The molecule has 0 aliphatic heterocycles. The highest BCUT2D eigenvalue weighted by molar-refractivity contribution is 5.95. The van der Waals surface area contributed by atoms with Crippen LogP contribution in [0.1, 0.15) is 36.6 Å². The highest BCUT2D eigenvalue weighted by Gasteiger charge is 2.25. The number of allylic oxidation sites excluding steroid dienone is 2. The zero-order valence-corrected chi connectivity index (χ0v) is 21.4. The lowest BCUT2D eigenvalue weighted by Crippen LogP contribution is -2.85. The number of ether oxygens (including phenoxy) is 2. The summed E-state index contributed by atoms with van der Waals surface area (Å²) in [5.74, 6) is 0.608. The molecule has 10 nitrogen and oxygen atoms in total. The second kappa shape index (κ2) is 13.5. The Kier molecular flexibility index (Phi) is 10.5. The highest BCUT2D eigenvalue weighted by atomic mass is 16.5. The van der Waals surface area contributed by atoms with Crippen LogP contribution in [0.15, 0.2) is 66.6 Å². The predicted molar refractivity (Wildman–Crippen MR) is 142 cm³/mol. The van der Waals surface area contributed by atoms with Crippen LogP contribution in [0, 0.1) is 5.41 Å². The number of carbonyl (C=O) groups excluding carboxylic acids is 1. The van der Waals surface area contributed by atoms with Crippen LogP contribution >= 0.6 is 0 Å². The molecule has 192 valence electrons. The molecule has 1 amide bonds. The van der Waals surface area contributed by atoms with Gasteiger partial charge < -0.3 is 31.6 Å². The summed E-state index contributed by atoms with van der Waals surface area (Å²) in [6.45, 7) is 3.70. The highest BCUT2D eigenvalue weighted by Crippen LogP contribution is 2.26. The number of amidine groups is 1. The van der Waals surface area contributed by atoms with Gasteiger partial charge in [0, 0.05) is 39.3 Å². The van der Waals surface area contributed by atoms with Crippen molar-refractivity contribution in [2.24, 2.45) is 11.5 Å². The molecule has 2 rings (SSSR count). The Morgan fingerprint density at radius 2 is 1.86 bits per heavy atom. The third-order valence-corrected chi connectivity index (χ3v) is 5.20. The van der Waals surface area contributed by atoms with Gasteiger partial charge in [0.15, 0.2) is 5.82 Å². The van der Waals surface area contributed by atoms with E-state index in [1.807, 2.05) is 37.3 Å². The Bertz CT molecular complexity index is 1140. The molecule has 36 heavy (non-hydrogen) atoms. The van der Waals surface area contributed by atoms with Crippen LogP contribution in [0.3, 0.4) is 0 Å². The average Bonchev–Trinajstić information content (AvgIpc) is 2.85. The first-order valence-corrected chi connectivity index (χ1v) is 11.3. The summed E-state index contributed by atoms with van der Waals surface area (Å²) in [5, 5.41) is 18.4. The maximum absolute atomic E-state index is 12.4. The monoisotopic (exact) mass is 494 g/mol. The van der Waals surface area contributed by atoms with E-state index >= 15 is 0 Å². The Balaban J connectivity index is 2.58. The van der Waals surface area contributed by atoms with Gasteiger partial charge in [-0.1, -0.05) is 11.1 Å². The zero-order chi connectivity index (χ0) is 26.7. The van der Waals surface area contributed by atoms with Crippen LogP contribution < -0.4 is 31.9 Å². The topological polar surface area (TPSA) is 153 Å². The summed E-state index contributed by atoms with van der Waals surface area (Å²) in [6.07, 6.45) is 5.02. The second-order valence-corrected chi connectivity index (χ2v) is 8.00. The normalized spacial score (nSPS) is 12.8. The van der Waals surface area contributed by atoms with Gasteiger partial charge in [0.2, 0.25) is 5.71 Å². The number of amides is 1. The molecule has 0 heterocycles. The van der Waals surface area contributed by atoms with Crippen molar-refractivity contribution in [1.82, 2.24) is 10.3 Å². The van der Waals surface area contributed by atoms with E-state index in [-0.39, 0.29) is 17.6 Å². The van der Waals surface area contributed by atoms with Gasteiger partial charge in [-0.3, -0.25) is 10.2 Å². The Morgan fingerprint density at radius 1 is 1.17 bits per heavy atom. The molecular weight excluding hydrogens is 458 g/mol. The molecule has 0 aliphatic rings. The van der Waals surface area contributed by atoms with Gasteiger partial charge in [-0.2, -0.15) is 0 Å². The summed E-state index contributed by atoms with van der Waals surface area (Å²) in [5.41, 5.74) is 15.7. The van der Waals surface area contributed by atoms with E-state index in [1.165, 1.54) is 11.9 Å². The molecular formula is C26H36N7O3+. The van der Waals surface area contributed by atoms with Crippen LogP contribution in [-0.4, -0.2) is 43.7 Å². The van der Waals surface area contributed by atoms with Gasteiger partial charge in [-0.05, 0) is 65.9 Å². The lowest BCUT2D eigenvalue weighted by atomic mass is 9.99. The molecule has 0 bridgehead atoms. The van der Waals surface area contributed by atoms with Crippen molar-refractivity contribution >= 4 is 23.1 Å². The van der Waals surface area contributed by atoms with Crippen LogP contribution in [0.2, 0.25) is 0 Å². The number of nitrogens with zero attached hydrogens (tertiary/aromatic N) is 1. The van der Waals surface area contributed by atoms with E-state index in [2.05, 4.69) is 15.7 Å². The van der Waals surface area contributed by atoms with Gasteiger partial charge >= 0.3 is 0 Å². The van der Waals surface area contributed by atoms with Crippen molar-refractivity contribution < 1.29 is 19.4 Å². The number of nitrogens with two attached hydrogens (primary N) is 2. The number of hydrogen-bond acceptors (Lipinski definition) is 7. The minimum atomic E-state index is -0.401. The molecule has 0 saturated heterocycles. The number of methoxy groups -OCH3 is 2. The van der Waals surface area contributed by atoms with Crippen molar-refractivity contribution in [3.63, 3.8) is 0 Å². The van der Waals surface area contributed by atoms with Gasteiger partial charge in [0.05, 0.1) is 13.7 Å². The third-order valence-electron chi connectivity index (χ3n) is 5.20. The molecule has 2 aromatic rings. The van der Waals surface area contributed by atoms with Crippen molar-refractivity contribution in [3.8, 4) is 5.75 Å². The lowest BCUT2D eigenvalue weighted by molar-refractivity contribution is -0.613. The molecule has 0 aromatic heterocycles. The maximum Gasteiger partial charge on any atom is 0.282 e. The Labute approximate surface area is 212 Å². The smallest absolute Gasteiger partial charge is 0.282 e. The van der Waals surface area contributed by atoms with Crippen molar-refractivity contribution in [2.45, 2.75) is 26.5 Å². The molecule has 0 aliphatic carbocycles. The van der Waals surface area contributed by atoms with E-state index < -0.39 is 6.04 Å². The van der Waals surface area contributed by atoms with Gasteiger partial charge in [-0.25, -0.2) is 0 Å². The van der Waals surface area contributed by atoms with E-state index in [9.17, 15) is 4.79 Å². The van der Waals surface area contributed by atoms with Crippen LogP contribution in [-0.2, 0) is 16.1 Å². The quantitative estimate of drug-likeness (QED) is 0.112. The van der Waals surface area contributed by atoms with Crippen molar-refractivity contribution in [2.75, 3.05) is 26.6 Å². The van der Waals surface area contributed by atoms with Crippen molar-refractivity contribution in [1.29, 1.82) is 5.41 Å². The first kappa shape index (κ1) is 27.9. The molecule has 0 fully saturated rings. The number of nitrogen functional groups attached to an aromatic ring is 1. The number of hydrazine groups is 1. The van der Waals surface area contributed by atoms with E-state index in [1.54, 1.807) is 51.8 Å². The summed E-state index contributed by atoms with van der Waals surface area (Å²) < 4.78 is 10.9. The fourth-order valence-corrected chi connectivity index (χ4v) is 3.46. The maximum atomic E-state index is 12.4. The largest absolute Gasteiger partial charge is 0.497 e. The molecule has 1 unspecified atom stereocenters. The van der Waals surface area contributed by atoms with Crippen molar-refractivity contribution in [3.05, 3.63) is 83.3 Å². The number of benzene rings is 2. The number of hydrogen-bond donors (Lipinski definition) is 6. The van der Waals surface area contributed by atoms with Crippen LogP contribution in [0.4, 0.5) is 5.69 Å². The first-order chi connectivity index (χ1) is 17.2. The molecule has 2 aromatic carbocycles. The number of anilines is 1. The van der Waals surface area contributed by atoms with Gasteiger partial charge in [0.1, 0.15) is 17.6 Å². The number of hydrazone groups is 1. The lowest BCUT2D eigenvalue weighted by Gasteiger charge is -2.21. The Hall–Kier alpha value is -4.31. The van der Waals surface area contributed by atoms with E-state index in [4.69, 9.17) is 26.4 Å². The second-order valence-electron chi connectivity index (χ2n) is 8.00. The summed E-state index contributed by atoms with van der Waals surface area (Å²) in [7, 11) is 5.01. The minimum absolute atomic E-state index is 0.00815. The molecule has 10 heteroatoms. The van der Waals surface area contributed by atoms with Gasteiger partial charge in [-0.15, -0.1) is 5.10 Å². The first-order valence-electron chi connectivity index (χ1n) is 11.3. The number of nitrogens with one attached hydrogen (secondary N) is 4. The number of rotatable bonds is 12. The molecule has 0 radical (unpaired) electrons. The third kappa shape index (κ3) is 7.88. The molecule has 0 spiro atoms. The molecule has 8 N–H and O–H groups in total. The fraction of sp³-hybridized carbons (Fsp3) is 0.269. The predicted octanol–water partition coefficient (Wildman–Crippen LogP) is 1.12. The van der Waals surface area contributed by atoms with Crippen LogP contribution in [0.25, 0.3) is 0 Å². The average molecular weight is 495 g/mol. The molecule has 1 atom stereocenters. The van der Waals surface area contributed by atoms with Crippen LogP contribution in [0.5, 0.6) is 5.75 Å². The zero-order valence-electron chi connectivity index (χ0n) is 21.4. The Morgan fingerprint density at radius 3 is 2.42 bits per heavy atom.